The van der Waals surface area contributed by atoms with Gasteiger partial charge in [-0.3, -0.25) is 9.59 Å². The zero-order valence-electron chi connectivity index (χ0n) is 16.1. The molecule has 1 N–H and O–H groups in total. The first kappa shape index (κ1) is 20.2. The van der Waals surface area contributed by atoms with Crippen molar-refractivity contribution >= 4 is 28.9 Å². The Kier molecular flexibility index (Phi) is 7.11. The van der Waals surface area contributed by atoms with Gasteiger partial charge in [-0.15, -0.1) is 0 Å². The quantitative estimate of drug-likeness (QED) is 0.597. The topological polar surface area (TPSA) is 71.0 Å². The number of carbonyl (C=O) groups is 2. The molecule has 0 heterocycles. The Bertz CT molecular complexity index is 799. The van der Waals surface area contributed by atoms with Crippen LogP contribution in [-0.2, 0) is 14.4 Å². The third-order valence-electron chi connectivity index (χ3n) is 3.83. The molecule has 0 spiro atoms. The number of anilines is 2. The first-order valence-corrected chi connectivity index (χ1v) is 8.80. The van der Waals surface area contributed by atoms with Gasteiger partial charge in [0, 0.05) is 24.3 Å². The minimum Gasteiger partial charge on any atom is -0.385 e. The second kappa shape index (κ2) is 9.52. The number of benzene rings is 2. The molecule has 0 bridgehead atoms. The first-order chi connectivity index (χ1) is 12.9. The van der Waals surface area contributed by atoms with E-state index in [2.05, 4.69) is 10.5 Å². The predicted octanol–water partition coefficient (Wildman–Crippen LogP) is 3.83. The highest BCUT2D eigenvalue weighted by atomic mass is 16.6. The molecule has 0 saturated heterocycles. The van der Waals surface area contributed by atoms with Gasteiger partial charge in [-0.05, 0) is 50.6 Å². The van der Waals surface area contributed by atoms with E-state index in [-0.39, 0.29) is 24.5 Å². The van der Waals surface area contributed by atoms with Crippen LogP contribution in [0.4, 0.5) is 11.4 Å². The van der Waals surface area contributed by atoms with E-state index in [0.717, 1.165) is 11.3 Å². The highest BCUT2D eigenvalue weighted by Gasteiger charge is 2.19. The number of nitrogens with zero attached hydrogens (tertiary/aromatic N) is 2. The van der Waals surface area contributed by atoms with Crippen LogP contribution in [0.15, 0.2) is 59.8 Å². The average Bonchev–Trinajstić information content (AvgIpc) is 2.62. The molecule has 0 aliphatic carbocycles. The fourth-order valence-corrected chi connectivity index (χ4v) is 2.62. The monoisotopic (exact) mass is 367 g/mol. The Morgan fingerprint density at radius 2 is 1.67 bits per heavy atom. The number of amides is 2. The second-order valence-corrected chi connectivity index (χ2v) is 6.40. The van der Waals surface area contributed by atoms with E-state index in [0.29, 0.717) is 11.4 Å². The van der Waals surface area contributed by atoms with Crippen molar-refractivity contribution in [3.63, 3.8) is 0 Å². The smallest absolute Gasteiger partial charge is 0.267 e. The second-order valence-electron chi connectivity index (χ2n) is 6.40. The van der Waals surface area contributed by atoms with Crippen LogP contribution in [0, 0.1) is 0 Å². The molecule has 0 fully saturated rings. The maximum absolute atomic E-state index is 12.5. The van der Waals surface area contributed by atoms with E-state index in [1.165, 1.54) is 6.92 Å². The van der Waals surface area contributed by atoms with Crippen LogP contribution in [0.25, 0.3) is 0 Å². The van der Waals surface area contributed by atoms with Crippen LogP contribution in [-0.4, -0.2) is 30.2 Å². The molecule has 27 heavy (non-hydrogen) atoms. The van der Waals surface area contributed by atoms with Gasteiger partial charge in [0.05, 0.1) is 5.71 Å². The van der Waals surface area contributed by atoms with Gasteiger partial charge in [0.15, 0.2) is 6.61 Å². The van der Waals surface area contributed by atoms with Crippen molar-refractivity contribution in [2.45, 2.75) is 33.7 Å². The lowest BCUT2D eigenvalue weighted by molar-refractivity contribution is -0.123. The summed E-state index contributed by atoms with van der Waals surface area (Å²) in [6.07, 6.45) is 0. The van der Waals surface area contributed by atoms with Crippen LogP contribution in [0.1, 0.15) is 33.3 Å². The van der Waals surface area contributed by atoms with Gasteiger partial charge in [0.25, 0.3) is 5.91 Å². The third kappa shape index (κ3) is 5.95. The SMILES string of the molecule is CC(=O)Nc1ccc(/C(C)=N/OCC(=O)N(c2ccccc2)C(C)C)cc1. The summed E-state index contributed by atoms with van der Waals surface area (Å²) in [5.74, 6) is -0.281. The van der Waals surface area contributed by atoms with E-state index >= 15 is 0 Å². The third-order valence-corrected chi connectivity index (χ3v) is 3.83. The molecule has 0 aliphatic rings. The maximum atomic E-state index is 12.5. The number of oxime groups is 1. The molecule has 2 aromatic carbocycles. The molecular weight excluding hydrogens is 342 g/mol. The van der Waals surface area contributed by atoms with Gasteiger partial charge in [-0.1, -0.05) is 35.5 Å². The van der Waals surface area contributed by atoms with Gasteiger partial charge < -0.3 is 15.1 Å². The lowest BCUT2D eigenvalue weighted by Gasteiger charge is -2.26. The zero-order valence-corrected chi connectivity index (χ0v) is 16.1. The molecule has 0 radical (unpaired) electrons. The zero-order chi connectivity index (χ0) is 19.8. The van der Waals surface area contributed by atoms with Crippen molar-refractivity contribution in [2.75, 3.05) is 16.8 Å². The lowest BCUT2D eigenvalue weighted by Crippen LogP contribution is -2.39. The predicted molar refractivity (Wildman–Crippen MR) is 108 cm³/mol. The minimum absolute atomic E-state index is 0.00916. The highest BCUT2D eigenvalue weighted by molar-refractivity contribution is 5.99. The Morgan fingerprint density at radius 1 is 1.04 bits per heavy atom. The van der Waals surface area contributed by atoms with E-state index in [1.54, 1.807) is 24.0 Å². The summed E-state index contributed by atoms with van der Waals surface area (Å²) >= 11 is 0. The van der Waals surface area contributed by atoms with Crippen molar-refractivity contribution in [2.24, 2.45) is 5.16 Å². The molecule has 2 amide bonds. The van der Waals surface area contributed by atoms with Gasteiger partial charge in [0.2, 0.25) is 5.91 Å². The van der Waals surface area contributed by atoms with Crippen LogP contribution in [0.2, 0.25) is 0 Å². The Morgan fingerprint density at radius 3 is 2.22 bits per heavy atom. The summed E-state index contributed by atoms with van der Waals surface area (Å²) in [7, 11) is 0. The van der Waals surface area contributed by atoms with Crippen molar-refractivity contribution in [3.8, 4) is 0 Å². The summed E-state index contributed by atoms with van der Waals surface area (Å²) in [5.41, 5.74) is 3.04. The number of para-hydroxylation sites is 1. The van der Waals surface area contributed by atoms with Gasteiger partial charge in [-0.25, -0.2) is 0 Å². The molecule has 2 aromatic rings. The standard InChI is InChI=1S/C21H25N3O3/c1-15(2)24(20-8-6-5-7-9-20)21(26)14-27-23-16(3)18-10-12-19(13-11-18)22-17(4)25/h5-13,15H,14H2,1-4H3,(H,22,25)/b23-16+. The number of hydrogen-bond donors (Lipinski definition) is 1. The molecule has 0 atom stereocenters. The Balaban J connectivity index is 1.98. The van der Waals surface area contributed by atoms with E-state index < -0.39 is 0 Å². The van der Waals surface area contributed by atoms with E-state index in [1.807, 2.05) is 56.3 Å². The summed E-state index contributed by atoms with van der Waals surface area (Å²) in [5, 5.41) is 6.75. The van der Waals surface area contributed by atoms with Crippen molar-refractivity contribution < 1.29 is 14.4 Å². The van der Waals surface area contributed by atoms with Crippen LogP contribution < -0.4 is 10.2 Å². The average molecular weight is 367 g/mol. The summed E-state index contributed by atoms with van der Waals surface area (Å²) < 4.78 is 0. The van der Waals surface area contributed by atoms with Gasteiger partial charge in [-0.2, -0.15) is 0 Å². The van der Waals surface area contributed by atoms with Crippen LogP contribution in [0.3, 0.4) is 0 Å². The Hall–Kier alpha value is -3.15. The molecular formula is C21H25N3O3. The number of rotatable bonds is 7. The highest BCUT2D eigenvalue weighted by Crippen LogP contribution is 2.17. The molecule has 0 aromatic heterocycles. The van der Waals surface area contributed by atoms with E-state index in [9.17, 15) is 9.59 Å². The molecule has 6 heteroatoms. The first-order valence-electron chi connectivity index (χ1n) is 8.80. The van der Waals surface area contributed by atoms with Crippen molar-refractivity contribution in [1.82, 2.24) is 0 Å². The molecule has 2 rings (SSSR count). The number of nitrogens with one attached hydrogen (secondary N) is 1. The largest absolute Gasteiger partial charge is 0.385 e. The Labute approximate surface area is 159 Å². The fraction of sp³-hybridized carbons (Fsp3) is 0.286. The lowest BCUT2D eigenvalue weighted by atomic mass is 10.1. The molecule has 0 saturated carbocycles. The van der Waals surface area contributed by atoms with Crippen LogP contribution >= 0.6 is 0 Å². The summed E-state index contributed by atoms with van der Waals surface area (Å²) in [6, 6.07) is 16.7. The normalized spacial score (nSPS) is 11.2. The minimum atomic E-state index is -0.159. The van der Waals surface area contributed by atoms with Gasteiger partial charge in [0.1, 0.15) is 0 Å². The number of carbonyl (C=O) groups excluding carboxylic acids is 2. The fourth-order valence-electron chi connectivity index (χ4n) is 2.62. The molecule has 0 unspecified atom stereocenters. The maximum Gasteiger partial charge on any atom is 0.267 e. The number of hydrogen-bond acceptors (Lipinski definition) is 4. The summed E-state index contributed by atoms with van der Waals surface area (Å²) in [4.78, 5) is 30.6. The van der Waals surface area contributed by atoms with E-state index in [4.69, 9.17) is 4.84 Å². The van der Waals surface area contributed by atoms with Crippen molar-refractivity contribution in [3.05, 3.63) is 60.2 Å². The van der Waals surface area contributed by atoms with Crippen molar-refractivity contribution in [1.29, 1.82) is 0 Å². The van der Waals surface area contributed by atoms with Crippen LogP contribution in [0.5, 0.6) is 0 Å². The molecule has 0 aliphatic heterocycles. The molecule has 6 nitrogen and oxygen atoms in total. The molecule has 142 valence electrons. The van der Waals surface area contributed by atoms with Gasteiger partial charge >= 0.3 is 0 Å². The summed E-state index contributed by atoms with van der Waals surface area (Å²) in [6.45, 7) is 7.02.